The largest absolute Gasteiger partial charge is 0.333 e. The second kappa shape index (κ2) is 6.08. The molecule has 0 saturated heterocycles. The van der Waals surface area contributed by atoms with Gasteiger partial charge in [0, 0.05) is 24.2 Å². The van der Waals surface area contributed by atoms with Gasteiger partial charge >= 0.3 is 6.43 Å². The summed E-state index contributed by atoms with van der Waals surface area (Å²) in [6.45, 7) is 1.17. The third-order valence-corrected chi connectivity index (χ3v) is 4.15. The van der Waals surface area contributed by atoms with E-state index in [4.69, 9.17) is 0 Å². The number of halogens is 2. The molecule has 0 bridgehead atoms. The van der Waals surface area contributed by atoms with Crippen molar-refractivity contribution in [2.24, 2.45) is 0 Å². The Balaban J connectivity index is 1.51. The van der Waals surface area contributed by atoms with Gasteiger partial charge < -0.3 is 9.42 Å². The van der Waals surface area contributed by atoms with E-state index in [9.17, 15) is 13.6 Å². The monoisotopic (exact) mass is 341 g/mol. The molecule has 0 spiro atoms. The van der Waals surface area contributed by atoms with Gasteiger partial charge in [-0.1, -0.05) is 41.6 Å². The van der Waals surface area contributed by atoms with Crippen LogP contribution in [-0.4, -0.2) is 20.9 Å². The number of rotatable bonds is 3. The van der Waals surface area contributed by atoms with Crippen molar-refractivity contribution in [3.8, 4) is 11.4 Å². The Bertz CT molecular complexity index is 897. The van der Waals surface area contributed by atoms with E-state index in [-0.39, 0.29) is 11.7 Å². The molecule has 2 aromatic carbocycles. The summed E-state index contributed by atoms with van der Waals surface area (Å²) in [5, 5.41) is 3.53. The first kappa shape index (κ1) is 15.4. The summed E-state index contributed by atoms with van der Waals surface area (Å²) in [5.41, 5.74) is 3.34. The molecule has 5 nitrogen and oxygen atoms in total. The van der Waals surface area contributed by atoms with E-state index >= 15 is 0 Å². The first-order valence-corrected chi connectivity index (χ1v) is 7.70. The van der Waals surface area contributed by atoms with Gasteiger partial charge in [0.05, 0.1) is 0 Å². The van der Waals surface area contributed by atoms with Crippen LogP contribution in [0, 0.1) is 0 Å². The van der Waals surface area contributed by atoms with Gasteiger partial charge in [0.1, 0.15) is 0 Å². The van der Waals surface area contributed by atoms with Crippen molar-refractivity contribution in [2.45, 2.75) is 19.5 Å². The molecule has 25 heavy (non-hydrogen) atoms. The fourth-order valence-electron chi connectivity index (χ4n) is 2.86. The van der Waals surface area contributed by atoms with Crippen LogP contribution in [0.3, 0.4) is 0 Å². The molecule has 2 heterocycles. The zero-order valence-electron chi connectivity index (χ0n) is 13.0. The molecular weight excluding hydrogens is 328 g/mol. The third kappa shape index (κ3) is 2.88. The lowest BCUT2D eigenvalue weighted by Gasteiger charge is -2.15. The van der Waals surface area contributed by atoms with E-state index < -0.39 is 12.3 Å². The number of nitrogens with zero attached hydrogens (tertiary/aromatic N) is 3. The maximum Gasteiger partial charge on any atom is 0.315 e. The van der Waals surface area contributed by atoms with E-state index in [2.05, 4.69) is 14.7 Å². The molecule has 1 aliphatic heterocycles. The minimum absolute atomic E-state index is 0.0721. The molecule has 0 aliphatic carbocycles. The summed E-state index contributed by atoms with van der Waals surface area (Å²) in [6, 6.07) is 14.5. The van der Waals surface area contributed by atoms with Gasteiger partial charge in [-0.25, -0.2) is 0 Å². The molecule has 4 rings (SSSR count). The highest BCUT2D eigenvalue weighted by Gasteiger charge is 2.24. The Morgan fingerprint density at radius 2 is 1.68 bits per heavy atom. The molecule has 1 amide bonds. The molecule has 0 unspecified atom stereocenters. The number of hydrogen-bond acceptors (Lipinski definition) is 4. The van der Waals surface area contributed by atoms with Crippen molar-refractivity contribution in [3.05, 3.63) is 71.1 Å². The highest BCUT2D eigenvalue weighted by Crippen LogP contribution is 2.25. The first-order valence-electron chi connectivity index (χ1n) is 7.70. The molecule has 0 N–H and O–H groups in total. The standard InChI is InChI=1S/C18H13F2N3O2/c19-15(20)17-21-16(22-25-17)11-5-7-12(8-6-11)18(24)23-9-13-3-1-2-4-14(13)10-23/h1-8,15H,9-10H2. The minimum Gasteiger partial charge on any atom is -0.333 e. The van der Waals surface area contributed by atoms with Crippen LogP contribution in [0.2, 0.25) is 0 Å². The van der Waals surface area contributed by atoms with Crippen LogP contribution in [0.4, 0.5) is 8.78 Å². The average Bonchev–Trinajstić information content (AvgIpc) is 3.28. The van der Waals surface area contributed by atoms with Crippen molar-refractivity contribution in [1.82, 2.24) is 15.0 Å². The van der Waals surface area contributed by atoms with Gasteiger partial charge in [-0.05, 0) is 23.3 Å². The molecule has 0 radical (unpaired) electrons. The summed E-state index contributed by atoms with van der Waals surface area (Å²) in [7, 11) is 0. The molecule has 0 atom stereocenters. The molecule has 0 saturated carbocycles. The van der Waals surface area contributed by atoms with Crippen LogP contribution >= 0.6 is 0 Å². The normalized spacial score (nSPS) is 13.3. The summed E-state index contributed by atoms with van der Waals surface area (Å²) in [4.78, 5) is 18.0. The first-order chi connectivity index (χ1) is 12.1. The number of carbonyl (C=O) groups excluding carboxylic acids is 1. The maximum atomic E-state index is 12.6. The predicted octanol–water partition coefficient (Wildman–Crippen LogP) is 3.83. The van der Waals surface area contributed by atoms with Gasteiger partial charge in [0.2, 0.25) is 5.82 Å². The fraction of sp³-hybridized carbons (Fsp3) is 0.167. The van der Waals surface area contributed by atoms with Gasteiger partial charge in [-0.3, -0.25) is 4.79 Å². The second-order valence-corrected chi connectivity index (χ2v) is 5.76. The number of fused-ring (bicyclic) bond motifs is 1. The Kier molecular flexibility index (Phi) is 3.76. The van der Waals surface area contributed by atoms with E-state index in [0.717, 1.165) is 11.1 Å². The van der Waals surface area contributed by atoms with Gasteiger partial charge in [-0.2, -0.15) is 13.8 Å². The van der Waals surface area contributed by atoms with Crippen LogP contribution in [0.1, 0.15) is 33.8 Å². The van der Waals surface area contributed by atoms with Crippen molar-refractivity contribution < 1.29 is 18.1 Å². The highest BCUT2D eigenvalue weighted by atomic mass is 19.3. The van der Waals surface area contributed by atoms with Crippen LogP contribution < -0.4 is 0 Å². The summed E-state index contributed by atoms with van der Waals surface area (Å²) < 4.78 is 29.5. The number of hydrogen-bond donors (Lipinski definition) is 0. The highest BCUT2D eigenvalue weighted by molar-refractivity contribution is 5.95. The molecular formula is C18H13F2N3O2. The molecule has 1 aliphatic rings. The number of carbonyl (C=O) groups is 1. The summed E-state index contributed by atoms with van der Waals surface area (Å²) >= 11 is 0. The molecule has 126 valence electrons. The number of benzene rings is 2. The predicted molar refractivity (Wildman–Crippen MR) is 84.7 cm³/mol. The minimum atomic E-state index is -2.81. The van der Waals surface area contributed by atoms with Crippen LogP contribution in [0.15, 0.2) is 53.1 Å². The van der Waals surface area contributed by atoms with Crippen molar-refractivity contribution in [1.29, 1.82) is 0 Å². The van der Waals surface area contributed by atoms with E-state index in [0.29, 0.717) is 24.2 Å². The lowest BCUT2D eigenvalue weighted by Crippen LogP contribution is -2.25. The van der Waals surface area contributed by atoms with Gasteiger partial charge in [0.25, 0.3) is 11.8 Å². The van der Waals surface area contributed by atoms with Crippen LogP contribution in [-0.2, 0) is 13.1 Å². The van der Waals surface area contributed by atoms with E-state index in [1.54, 1.807) is 29.2 Å². The molecule has 3 aromatic rings. The Labute approximate surface area is 141 Å². The number of amides is 1. The summed E-state index contributed by atoms with van der Waals surface area (Å²) in [6.07, 6.45) is -2.81. The van der Waals surface area contributed by atoms with E-state index in [1.165, 1.54) is 0 Å². The topological polar surface area (TPSA) is 59.2 Å². The Hall–Kier alpha value is -3.09. The van der Waals surface area contributed by atoms with Crippen molar-refractivity contribution in [3.63, 3.8) is 0 Å². The lowest BCUT2D eigenvalue weighted by molar-refractivity contribution is 0.0751. The van der Waals surface area contributed by atoms with Crippen LogP contribution in [0.5, 0.6) is 0 Å². The summed E-state index contributed by atoms with van der Waals surface area (Å²) in [5.74, 6) is -0.725. The third-order valence-electron chi connectivity index (χ3n) is 4.15. The zero-order valence-corrected chi connectivity index (χ0v) is 13.0. The fourth-order valence-corrected chi connectivity index (χ4v) is 2.86. The van der Waals surface area contributed by atoms with Crippen molar-refractivity contribution in [2.75, 3.05) is 0 Å². The zero-order chi connectivity index (χ0) is 17.4. The Morgan fingerprint density at radius 1 is 1.04 bits per heavy atom. The van der Waals surface area contributed by atoms with E-state index in [1.807, 2.05) is 24.3 Å². The number of alkyl halides is 2. The lowest BCUT2D eigenvalue weighted by atomic mass is 10.1. The van der Waals surface area contributed by atoms with Gasteiger partial charge in [0.15, 0.2) is 0 Å². The average molecular weight is 341 g/mol. The van der Waals surface area contributed by atoms with Crippen LogP contribution in [0.25, 0.3) is 11.4 Å². The van der Waals surface area contributed by atoms with Gasteiger partial charge in [-0.15, -0.1) is 0 Å². The smallest absolute Gasteiger partial charge is 0.315 e. The maximum absolute atomic E-state index is 12.6. The molecule has 0 fully saturated rings. The Morgan fingerprint density at radius 3 is 2.24 bits per heavy atom. The van der Waals surface area contributed by atoms with Crippen molar-refractivity contribution >= 4 is 5.91 Å². The molecule has 1 aromatic heterocycles. The quantitative estimate of drug-likeness (QED) is 0.726. The second-order valence-electron chi connectivity index (χ2n) is 5.76. The SMILES string of the molecule is O=C(c1ccc(-c2noc(C(F)F)n2)cc1)N1Cc2ccccc2C1. The number of aromatic nitrogens is 2. The molecule has 7 heteroatoms.